The number of H-pyrrole nitrogens is 1. The van der Waals surface area contributed by atoms with Gasteiger partial charge in [-0.3, -0.25) is 9.59 Å². The second-order valence-electron chi connectivity index (χ2n) is 8.18. The third-order valence-electron chi connectivity index (χ3n) is 5.10. The number of aromatic nitrogens is 1. The minimum absolute atomic E-state index is 0.0926. The highest BCUT2D eigenvalue weighted by atomic mass is 32.1. The van der Waals surface area contributed by atoms with E-state index in [2.05, 4.69) is 36.0 Å². The molecule has 0 saturated carbocycles. The molecule has 1 aliphatic rings. The Morgan fingerprint density at radius 2 is 2.00 bits per heavy atom. The van der Waals surface area contributed by atoms with Crippen LogP contribution in [0.2, 0.25) is 0 Å². The van der Waals surface area contributed by atoms with Gasteiger partial charge in [-0.2, -0.15) is 0 Å². The molecule has 4 rings (SSSR count). The normalized spacial score (nSPS) is 14.7. The van der Waals surface area contributed by atoms with E-state index in [0.717, 1.165) is 28.1 Å². The van der Waals surface area contributed by atoms with Crippen molar-refractivity contribution in [2.45, 2.75) is 33.6 Å². The number of nitrogens with one attached hydrogen (secondary N) is 2. The first-order chi connectivity index (χ1) is 13.8. The molecular weight excluding hydrogens is 380 g/mol. The minimum Gasteiger partial charge on any atom is -0.354 e. The Morgan fingerprint density at radius 1 is 1.17 bits per heavy atom. The molecule has 1 aromatic carbocycles. The first-order valence-corrected chi connectivity index (χ1v) is 10.4. The van der Waals surface area contributed by atoms with Gasteiger partial charge >= 0.3 is 0 Å². The highest BCUT2D eigenvalue weighted by molar-refractivity contribution is 7.10. The molecule has 3 aromatic rings. The predicted octanol–water partition coefficient (Wildman–Crippen LogP) is 5.19. The average molecular weight is 403 g/mol. The van der Waals surface area contributed by atoms with Crippen LogP contribution in [0, 0.1) is 24.2 Å². The van der Waals surface area contributed by atoms with Crippen LogP contribution in [0.15, 0.2) is 41.8 Å². The van der Waals surface area contributed by atoms with Crippen molar-refractivity contribution >= 4 is 28.7 Å². The van der Waals surface area contributed by atoms with Crippen molar-refractivity contribution in [2.75, 3.05) is 5.32 Å². The molecule has 4 nitrogen and oxygen atoms in total. The third kappa shape index (κ3) is 4.03. The van der Waals surface area contributed by atoms with Crippen LogP contribution in [0.3, 0.4) is 0 Å². The van der Waals surface area contributed by atoms with Crippen molar-refractivity contribution in [3.05, 3.63) is 74.7 Å². The average Bonchev–Trinajstić information content (AvgIpc) is 3.27. The zero-order valence-corrected chi connectivity index (χ0v) is 17.5. The van der Waals surface area contributed by atoms with Crippen molar-refractivity contribution in [1.82, 2.24) is 4.98 Å². The van der Waals surface area contributed by atoms with Gasteiger partial charge in [-0.15, -0.1) is 11.3 Å². The minimum atomic E-state index is -0.245. The number of hydrogen-bond donors (Lipinski definition) is 2. The molecule has 0 fully saturated rings. The second-order valence-corrected chi connectivity index (χ2v) is 9.13. The number of amides is 1. The Labute approximate surface area is 174 Å². The van der Waals surface area contributed by atoms with Gasteiger partial charge in [0.1, 0.15) is 5.69 Å². The van der Waals surface area contributed by atoms with Crippen LogP contribution in [0.5, 0.6) is 0 Å². The number of Topliss-reactive ketones (excluding diaryl/α,β-unsaturated/α-hetero) is 1. The topological polar surface area (TPSA) is 62.0 Å². The molecule has 0 spiro atoms. The van der Waals surface area contributed by atoms with Crippen LogP contribution in [0.4, 0.5) is 5.69 Å². The number of aromatic amines is 1. The number of ketones is 1. The van der Waals surface area contributed by atoms with Crippen LogP contribution >= 0.6 is 11.3 Å². The smallest absolute Gasteiger partial charge is 0.272 e. The lowest BCUT2D eigenvalue weighted by molar-refractivity contribution is 0.0910. The first kappa shape index (κ1) is 19.2. The maximum absolute atomic E-state index is 12.9. The van der Waals surface area contributed by atoms with Crippen LogP contribution in [0.1, 0.15) is 62.8 Å². The Hall–Kier alpha value is -3.10. The zero-order valence-electron chi connectivity index (χ0n) is 16.7. The summed E-state index contributed by atoms with van der Waals surface area (Å²) < 4.78 is 0. The van der Waals surface area contributed by atoms with Crippen molar-refractivity contribution in [3.63, 3.8) is 0 Å². The van der Waals surface area contributed by atoms with Crippen molar-refractivity contribution < 1.29 is 9.59 Å². The number of hydrogen-bond acceptors (Lipinski definition) is 3. The summed E-state index contributed by atoms with van der Waals surface area (Å²) >= 11 is 1.59. The van der Waals surface area contributed by atoms with Gasteiger partial charge < -0.3 is 10.3 Å². The maximum atomic E-state index is 12.9. The van der Waals surface area contributed by atoms with E-state index < -0.39 is 0 Å². The molecule has 0 saturated heterocycles. The number of carbonyl (C=O) groups is 2. The number of thiophene rings is 1. The van der Waals surface area contributed by atoms with Crippen LogP contribution in [-0.2, 0) is 6.42 Å². The van der Waals surface area contributed by atoms with Crippen molar-refractivity contribution in [3.8, 4) is 11.8 Å². The van der Waals surface area contributed by atoms with Gasteiger partial charge in [0.15, 0.2) is 5.78 Å². The molecular formula is C24H22N2O2S. The van der Waals surface area contributed by atoms with Gasteiger partial charge in [-0.25, -0.2) is 0 Å². The summed E-state index contributed by atoms with van der Waals surface area (Å²) in [6.45, 7) is 5.99. The number of anilines is 1. The fraction of sp³-hybridized carbons (Fsp3) is 0.250. The van der Waals surface area contributed by atoms with Crippen LogP contribution in [-0.4, -0.2) is 16.7 Å². The van der Waals surface area contributed by atoms with Crippen molar-refractivity contribution in [1.29, 1.82) is 0 Å². The van der Waals surface area contributed by atoms with E-state index in [1.165, 1.54) is 0 Å². The molecule has 146 valence electrons. The first-order valence-electron chi connectivity index (χ1n) is 9.54. The molecule has 2 heterocycles. The third-order valence-corrected chi connectivity index (χ3v) is 5.88. The second kappa shape index (κ2) is 7.38. The monoisotopic (exact) mass is 402 g/mol. The van der Waals surface area contributed by atoms with E-state index in [9.17, 15) is 9.59 Å². The Kier molecular flexibility index (Phi) is 4.89. The number of rotatable bonds is 2. The lowest BCUT2D eigenvalue weighted by Gasteiger charge is -2.28. The van der Waals surface area contributed by atoms with Crippen molar-refractivity contribution in [2.24, 2.45) is 5.41 Å². The summed E-state index contributed by atoms with van der Waals surface area (Å²) in [5, 5.41) is 4.92. The summed E-state index contributed by atoms with van der Waals surface area (Å²) in [4.78, 5) is 29.7. The Morgan fingerprint density at radius 3 is 2.76 bits per heavy atom. The quantitative estimate of drug-likeness (QED) is 0.579. The van der Waals surface area contributed by atoms with E-state index in [1.54, 1.807) is 11.3 Å². The lowest BCUT2D eigenvalue weighted by atomic mass is 9.75. The highest BCUT2D eigenvalue weighted by Gasteiger charge is 2.35. The summed E-state index contributed by atoms with van der Waals surface area (Å²) in [6.07, 6.45) is 1.26. The molecule has 0 radical (unpaired) electrons. The SMILES string of the molecule is Cc1c(C(=O)Nc2cccc(C#Cc3cccs3)c2)[nH]c2c1C(=O)CC(C)(C)C2. The fourth-order valence-corrected chi connectivity index (χ4v) is 4.38. The summed E-state index contributed by atoms with van der Waals surface area (Å²) in [5.74, 6) is 6.10. The van der Waals surface area contributed by atoms with Gasteiger partial charge in [-0.1, -0.05) is 37.8 Å². The molecule has 1 aliphatic carbocycles. The summed E-state index contributed by atoms with van der Waals surface area (Å²) in [6, 6.07) is 11.4. The van der Waals surface area contributed by atoms with E-state index in [-0.39, 0.29) is 17.1 Å². The Balaban J connectivity index is 1.56. The van der Waals surface area contributed by atoms with Crippen LogP contribution < -0.4 is 5.32 Å². The molecule has 1 amide bonds. The molecule has 5 heteroatoms. The lowest BCUT2D eigenvalue weighted by Crippen LogP contribution is -2.26. The fourth-order valence-electron chi connectivity index (χ4n) is 3.81. The Bertz CT molecular complexity index is 1160. The van der Waals surface area contributed by atoms with Gasteiger partial charge in [-0.05, 0) is 54.0 Å². The predicted molar refractivity (Wildman–Crippen MR) is 117 cm³/mol. The molecule has 2 N–H and O–H groups in total. The van der Waals surface area contributed by atoms with Gasteiger partial charge in [0.05, 0.1) is 4.88 Å². The molecule has 0 aliphatic heterocycles. The number of benzene rings is 1. The largest absolute Gasteiger partial charge is 0.354 e. The highest BCUT2D eigenvalue weighted by Crippen LogP contribution is 2.36. The molecule has 0 bridgehead atoms. The molecule has 29 heavy (non-hydrogen) atoms. The summed E-state index contributed by atoms with van der Waals surface area (Å²) in [5.41, 5.74) is 4.14. The molecule has 0 atom stereocenters. The number of carbonyl (C=O) groups excluding carboxylic acids is 2. The van der Waals surface area contributed by atoms with Gasteiger partial charge in [0.25, 0.3) is 5.91 Å². The van der Waals surface area contributed by atoms with Gasteiger partial charge in [0, 0.05) is 28.9 Å². The maximum Gasteiger partial charge on any atom is 0.272 e. The molecule has 2 aromatic heterocycles. The summed E-state index contributed by atoms with van der Waals surface area (Å²) in [7, 11) is 0. The number of fused-ring (bicyclic) bond motifs is 1. The van der Waals surface area contributed by atoms with Gasteiger partial charge in [0.2, 0.25) is 0 Å². The standard InChI is InChI=1S/C24H22N2O2S/c1-15-21-19(13-24(2,3)14-20(21)27)26-22(15)23(28)25-17-7-4-6-16(12-17)9-10-18-8-5-11-29-18/h4-8,11-12,26H,13-14H2,1-3H3,(H,25,28). The van der Waals surface area contributed by atoms with Crippen LogP contribution in [0.25, 0.3) is 0 Å². The van der Waals surface area contributed by atoms with E-state index in [0.29, 0.717) is 23.4 Å². The van der Waals surface area contributed by atoms with E-state index in [1.807, 2.05) is 48.7 Å². The zero-order chi connectivity index (χ0) is 20.6. The van der Waals surface area contributed by atoms with E-state index >= 15 is 0 Å². The molecule has 0 unspecified atom stereocenters. The van der Waals surface area contributed by atoms with E-state index in [4.69, 9.17) is 0 Å².